The number of amides is 1. The van der Waals surface area contributed by atoms with Crippen LogP contribution in [0.4, 0.5) is 4.79 Å². The number of alkyl carbamates (subject to hydrolysis) is 1. The Morgan fingerprint density at radius 3 is 2.68 bits per heavy atom. The van der Waals surface area contributed by atoms with Crippen molar-refractivity contribution >= 4 is 17.7 Å². The second-order valence-electron chi connectivity index (χ2n) is 8.62. The van der Waals surface area contributed by atoms with Gasteiger partial charge in [0.25, 0.3) is 0 Å². The molecule has 2 unspecified atom stereocenters. The fraction of sp³-hybridized carbons (Fsp3) is 0.667. The van der Waals surface area contributed by atoms with E-state index in [1.165, 1.54) is 0 Å². The summed E-state index contributed by atoms with van der Waals surface area (Å²) in [6.45, 7) is 6.99. The van der Waals surface area contributed by atoms with Crippen LogP contribution in [0.5, 0.6) is 0 Å². The van der Waals surface area contributed by atoms with E-state index in [9.17, 15) is 9.90 Å². The Morgan fingerprint density at radius 1 is 1.29 bits per heavy atom. The maximum atomic E-state index is 12.4. The first-order chi connectivity index (χ1) is 13.3. The van der Waals surface area contributed by atoms with Crippen LogP contribution in [-0.2, 0) is 10.3 Å². The Bertz CT molecular complexity index is 661. The van der Waals surface area contributed by atoms with Crippen molar-refractivity contribution in [2.75, 3.05) is 26.2 Å². The molecular formula is C21H32ClN3O3. The molecule has 2 saturated heterocycles. The fourth-order valence-electron chi connectivity index (χ4n) is 4.34. The number of halogens is 1. The summed E-state index contributed by atoms with van der Waals surface area (Å²) in [7, 11) is 0. The predicted molar refractivity (Wildman–Crippen MR) is 111 cm³/mol. The summed E-state index contributed by atoms with van der Waals surface area (Å²) in [4.78, 5) is 12.4. The van der Waals surface area contributed by atoms with Gasteiger partial charge in [-0.2, -0.15) is 0 Å². The average Bonchev–Trinajstić information content (AvgIpc) is 2.64. The molecule has 0 aliphatic carbocycles. The SMILES string of the molecule is CC(C)(CC1CNCCC1(O)c1ccc(Cl)cc1)OC(=O)N[C@H]1CCCNC1. The van der Waals surface area contributed by atoms with E-state index in [0.29, 0.717) is 24.4 Å². The molecule has 156 valence electrons. The zero-order valence-corrected chi connectivity index (χ0v) is 17.5. The first-order valence-electron chi connectivity index (χ1n) is 10.2. The highest BCUT2D eigenvalue weighted by molar-refractivity contribution is 6.30. The molecule has 2 aliphatic rings. The van der Waals surface area contributed by atoms with Crippen LogP contribution in [0.1, 0.15) is 45.1 Å². The third kappa shape index (κ3) is 5.38. The molecule has 2 aliphatic heterocycles. The molecule has 0 saturated carbocycles. The van der Waals surface area contributed by atoms with Crippen molar-refractivity contribution in [1.82, 2.24) is 16.0 Å². The lowest BCUT2D eigenvalue weighted by Gasteiger charge is -2.43. The minimum atomic E-state index is -0.972. The van der Waals surface area contributed by atoms with Crippen molar-refractivity contribution in [3.63, 3.8) is 0 Å². The largest absolute Gasteiger partial charge is 0.444 e. The van der Waals surface area contributed by atoms with Crippen LogP contribution in [0.3, 0.4) is 0 Å². The van der Waals surface area contributed by atoms with Crippen LogP contribution in [0.2, 0.25) is 5.02 Å². The number of hydrogen-bond donors (Lipinski definition) is 4. The lowest BCUT2D eigenvalue weighted by atomic mass is 9.72. The maximum Gasteiger partial charge on any atom is 0.407 e. The van der Waals surface area contributed by atoms with Gasteiger partial charge in [0, 0.05) is 30.1 Å². The Labute approximate surface area is 172 Å². The summed E-state index contributed by atoms with van der Waals surface area (Å²) in [6, 6.07) is 7.50. The Balaban J connectivity index is 1.64. The highest BCUT2D eigenvalue weighted by Gasteiger charge is 2.43. The first kappa shape index (κ1) is 21.4. The summed E-state index contributed by atoms with van der Waals surface area (Å²) >= 11 is 6.01. The molecule has 1 amide bonds. The molecule has 28 heavy (non-hydrogen) atoms. The van der Waals surface area contributed by atoms with E-state index in [1.807, 2.05) is 26.0 Å². The molecule has 2 heterocycles. The van der Waals surface area contributed by atoms with Gasteiger partial charge in [-0.15, -0.1) is 0 Å². The van der Waals surface area contributed by atoms with E-state index >= 15 is 0 Å². The zero-order chi connectivity index (χ0) is 20.2. The Kier molecular flexibility index (Phi) is 6.86. The van der Waals surface area contributed by atoms with Crippen molar-refractivity contribution in [3.05, 3.63) is 34.9 Å². The van der Waals surface area contributed by atoms with Crippen LogP contribution in [0.25, 0.3) is 0 Å². The topological polar surface area (TPSA) is 82.6 Å². The number of rotatable bonds is 5. The van der Waals surface area contributed by atoms with Crippen LogP contribution < -0.4 is 16.0 Å². The second kappa shape index (κ2) is 8.99. The molecule has 6 nitrogen and oxygen atoms in total. The van der Waals surface area contributed by atoms with E-state index in [4.69, 9.17) is 16.3 Å². The van der Waals surface area contributed by atoms with Crippen molar-refractivity contribution in [2.24, 2.45) is 5.92 Å². The number of nitrogens with one attached hydrogen (secondary N) is 3. The number of carbonyl (C=O) groups excluding carboxylic acids is 1. The molecule has 7 heteroatoms. The summed E-state index contributed by atoms with van der Waals surface area (Å²) < 4.78 is 5.75. The molecule has 0 spiro atoms. The van der Waals surface area contributed by atoms with E-state index in [-0.39, 0.29) is 12.0 Å². The first-order valence-corrected chi connectivity index (χ1v) is 10.6. The fourth-order valence-corrected chi connectivity index (χ4v) is 4.47. The van der Waals surface area contributed by atoms with Crippen LogP contribution in [0.15, 0.2) is 24.3 Å². The highest BCUT2D eigenvalue weighted by Crippen LogP contribution is 2.40. The van der Waals surface area contributed by atoms with Gasteiger partial charge in [-0.05, 0) is 70.3 Å². The number of hydrogen-bond acceptors (Lipinski definition) is 5. The third-order valence-electron chi connectivity index (χ3n) is 5.82. The van der Waals surface area contributed by atoms with E-state index in [0.717, 1.165) is 38.0 Å². The summed E-state index contributed by atoms with van der Waals surface area (Å²) in [5, 5.41) is 21.8. The Morgan fingerprint density at radius 2 is 2.00 bits per heavy atom. The zero-order valence-electron chi connectivity index (χ0n) is 16.8. The summed E-state index contributed by atoms with van der Waals surface area (Å²) in [5.74, 6) is -0.0819. The third-order valence-corrected chi connectivity index (χ3v) is 6.07. The quantitative estimate of drug-likeness (QED) is 0.601. The van der Waals surface area contributed by atoms with Crippen LogP contribution in [0, 0.1) is 5.92 Å². The van der Waals surface area contributed by atoms with Gasteiger partial charge in [-0.3, -0.25) is 0 Å². The molecule has 0 bridgehead atoms. The maximum absolute atomic E-state index is 12.4. The van der Waals surface area contributed by atoms with Gasteiger partial charge in [0.2, 0.25) is 0 Å². The van der Waals surface area contributed by atoms with Gasteiger partial charge in [-0.25, -0.2) is 4.79 Å². The Hall–Kier alpha value is -1.34. The summed E-state index contributed by atoms with van der Waals surface area (Å²) in [6.07, 6.45) is 2.78. The minimum absolute atomic E-state index is 0.0819. The van der Waals surface area contributed by atoms with E-state index in [1.54, 1.807) is 12.1 Å². The monoisotopic (exact) mass is 409 g/mol. The number of aliphatic hydroxyl groups is 1. The van der Waals surface area contributed by atoms with Gasteiger partial charge in [0.1, 0.15) is 5.60 Å². The number of benzene rings is 1. The normalized spacial score (nSPS) is 28.6. The van der Waals surface area contributed by atoms with Crippen molar-refractivity contribution < 1.29 is 14.6 Å². The van der Waals surface area contributed by atoms with Crippen LogP contribution in [-0.4, -0.2) is 49.0 Å². The van der Waals surface area contributed by atoms with Gasteiger partial charge >= 0.3 is 6.09 Å². The van der Waals surface area contributed by atoms with Crippen molar-refractivity contribution in [2.45, 2.75) is 56.8 Å². The molecule has 3 atom stereocenters. The highest BCUT2D eigenvalue weighted by atomic mass is 35.5. The van der Waals surface area contributed by atoms with Gasteiger partial charge in [0.05, 0.1) is 5.60 Å². The van der Waals surface area contributed by atoms with Gasteiger partial charge < -0.3 is 25.8 Å². The van der Waals surface area contributed by atoms with Crippen molar-refractivity contribution in [1.29, 1.82) is 0 Å². The molecule has 4 N–H and O–H groups in total. The molecule has 1 aromatic rings. The second-order valence-corrected chi connectivity index (χ2v) is 9.06. The minimum Gasteiger partial charge on any atom is -0.444 e. The molecular weight excluding hydrogens is 378 g/mol. The molecule has 0 radical (unpaired) electrons. The smallest absolute Gasteiger partial charge is 0.407 e. The van der Waals surface area contributed by atoms with E-state index in [2.05, 4.69) is 16.0 Å². The molecule has 3 rings (SSSR count). The molecule has 2 fully saturated rings. The van der Waals surface area contributed by atoms with Crippen LogP contribution >= 0.6 is 11.6 Å². The van der Waals surface area contributed by atoms with Gasteiger partial charge in [0.15, 0.2) is 0 Å². The van der Waals surface area contributed by atoms with Gasteiger partial charge in [-0.1, -0.05) is 23.7 Å². The molecule has 0 aromatic heterocycles. The summed E-state index contributed by atoms with van der Waals surface area (Å²) in [5.41, 5.74) is -0.812. The van der Waals surface area contributed by atoms with E-state index < -0.39 is 17.3 Å². The lowest BCUT2D eigenvalue weighted by molar-refractivity contribution is -0.0797. The average molecular weight is 410 g/mol. The lowest BCUT2D eigenvalue weighted by Crippen LogP contribution is -2.52. The number of carbonyl (C=O) groups is 1. The number of piperidine rings is 2. The van der Waals surface area contributed by atoms with Crippen molar-refractivity contribution in [3.8, 4) is 0 Å². The molecule has 1 aromatic carbocycles. The standard InChI is InChI=1S/C21H32ClN3O3/c1-20(2,28-19(26)25-18-4-3-10-23-14-18)12-16-13-24-11-9-21(16,27)15-5-7-17(22)8-6-15/h5-8,16,18,23-24,27H,3-4,9-14H2,1-2H3,(H,25,26)/t16?,18-,21?/m0/s1. The number of ether oxygens (including phenoxy) is 1. The predicted octanol–water partition coefficient (Wildman–Crippen LogP) is 2.78.